The van der Waals surface area contributed by atoms with Crippen molar-refractivity contribution in [1.29, 1.82) is 5.26 Å². The number of amides is 1. The molecule has 1 amide bonds. The zero-order valence-electron chi connectivity index (χ0n) is 16.6. The van der Waals surface area contributed by atoms with Gasteiger partial charge < -0.3 is 14.5 Å². The molecule has 2 saturated heterocycles. The van der Waals surface area contributed by atoms with Gasteiger partial charge in [0.05, 0.1) is 11.2 Å². The van der Waals surface area contributed by atoms with Crippen molar-refractivity contribution in [3.63, 3.8) is 0 Å². The summed E-state index contributed by atoms with van der Waals surface area (Å²) < 4.78 is 19.2. The highest BCUT2D eigenvalue weighted by molar-refractivity contribution is 5.78. The van der Waals surface area contributed by atoms with Crippen LogP contribution in [0.25, 0.3) is 0 Å². The lowest BCUT2D eigenvalue weighted by Crippen LogP contribution is -2.56. The molecule has 0 radical (unpaired) electrons. The molecule has 1 aliphatic carbocycles. The lowest BCUT2D eigenvalue weighted by atomic mass is 10.1. The number of nitriles is 1. The normalized spacial score (nSPS) is 23.9. The van der Waals surface area contributed by atoms with Gasteiger partial charge in [-0.3, -0.25) is 4.79 Å². The van der Waals surface area contributed by atoms with Gasteiger partial charge in [-0.1, -0.05) is 12.1 Å². The molecule has 2 unspecified atom stereocenters. The van der Waals surface area contributed by atoms with Crippen LogP contribution in [0.5, 0.6) is 0 Å². The standard InChI is InChI=1S/C23H23FN4O2/c24-18-4-2-17(3-5-18)23(9-10-23)30-15-22(29)27-13-19-6-7-20(14-27)28(19)21-8-1-16(11-25)12-26-21/h1-5,8,12,19-20H,6-7,9-10,13-15H2. The Morgan fingerprint density at radius 1 is 1.17 bits per heavy atom. The molecule has 0 spiro atoms. The maximum atomic E-state index is 13.2. The third kappa shape index (κ3) is 3.41. The van der Waals surface area contributed by atoms with Crippen LogP contribution < -0.4 is 4.90 Å². The summed E-state index contributed by atoms with van der Waals surface area (Å²) in [4.78, 5) is 21.5. The number of halogens is 1. The Bertz CT molecular complexity index is 968. The molecule has 5 rings (SSSR count). The Morgan fingerprint density at radius 2 is 1.87 bits per heavy atom. The van der Waals surface area contributed by atoms with Gasteiger partial charge in [-0.15, -0.1) is 0 Å². The monoisotopic (exact) mass is 406 g/mol. The van der Waals surface area contributed by atoms with Crippen LogP contribution in [0.3, 0.4) is 0 Å². The van der Waals surface area contributed by atoms with Crippen molar-refractivity contribution in [2.24, 2.45) is 0 Å². The minimum absolute atomic E-state index is 0.00715. The minimum atomic E-state index is -0.434. The molecule has 1 saturated carbocycles. The highest BCUT2D eigenvalue weighted by atomic mass is 19.1. The van der Waals surface area contributed by atoms with Crippen LogP contribution in [-0.2, 0) is 15.1 Å². The Hall–Kier alpha value is -2.98. The number of fused-ring (bicyclic) bond motifs is 2. The molecule has 30 heavy (non-hydrogen) atoms. The van der Waals surface area contributed by atoms with Gasteiger partial charge in [0.15, 0.2) is 0 Å². The Kier molecular flexibility index (Phi) is 4.67. The summed E-state index contributed by atoms with van der Waals surface area (Å²) in [5.41, 5.74) is 1.05. The summed E-state index contributed by atoms with van der Waals surface area (Å²) in [6, 6.07) is 12.6. The number of rotatable bonds is 5. The molecule has 7 heteroatoms. The molecule has 2 aromatic rings. The lowest BCUT2D eigenvalue weighted by Gasteiger charge is -2.41. The van der Waals surface area contributed by atoms with E-state index >= 15 is 0 Å². The van der Waals surface area contributed by atoms with Gasteiger partial charge in [0.25, 0.3) is 0 Å². The first kappa shape index (κ1) is 19.0. The quantitative estimate of drug-likeness (QED) is 0.764. The SMILES string of the molecule is N#Cc1ccc(N2C3CCC2CN(C(=O)COC2(c4ccc(F)cc4)CC2)C3)nc1. The number of ether oxygens (including phenoxy) is 1. The molecule has 2 atom stereocenters. The molecule has 154 valence electrons. The predicted octanol–water partition coefficient (Wildman–Crippen LogP) is 2.98. The lowest BCUT2D eigenvalue weighted by molar-refractivity contribution is -0.140. The van der Waals surface area contributed by atoms with E-state index in [0.717, 1.165) is 37.1 Å². The first-order valence-electron chi connectivity index (χ1n) is 10.4. The number of hydrogen-bond donors (Lipinski definition) is 0. The molecule has 1 aromatic carbocycles. The van der Waals surface area contributed by atoms with Crippen LogP contribution in [0.15, 0.2) is 42.6 Å². The van der Waals surface area contributed by atoms with Crippen molar-refractivity contribution in [1.82, 2.24) is 9.88 Å². The van der Waals surface area contributed by atoms with Crippen molar-refractivity contribution < 1.29 is 13.9 Å². The van der Waals surface area contributed by atoms with Crippen molar-refractivity contribution in [3.05, 3.63) is 59.5 Å². The molecule has 3 aliphatic rings. The molecule has 2 aliphatic heterocycles. The van der Waals surface area contributed by atoms with Crippen LogP contribution in [-0.4, -0.2) is 47.6 Å². The molecule has 2 bridgehead atoms. The maximum Gasteiger partial charge on any atom is 0.248 e. The fraction of sp³-hybridized carbons (Fsp3) is 0.435. The number of hydrogen-bond acceptors (Lipinski definition) is 5. The number of nitrogens with zero attached hydrogens (tertiary/aromatic N) is 4. The molecule has 3 fully saturated rings. The first-order chi connectivity index (χ1) is 14.6. The number of carbonyl (C=O) groups excluding carboxylic acids is 1. The van der Waals surface area contributed by atoms with Crippen molar-refractivity contribution >= 4 is 11.7 Å². The minimum Gasteiger partial charge on any atom is -0.360 e. The summed E-state index contributed by atoms with van der Waals surface area (Å²) in [6.07, 6.45) is 5.36. The topological polar surface area (TPSA) is 69.5 Å². The molecule has 1 aromatic heterocycles. The first-order valence-corrected chi connectivity index (χ1v) is 10.4. The van der Waals surface area contributed by atoms with E-state index in [0.29, 0.717) is 18.7 Å². The highest BCUT2D eigenvalue weighted by Gasteiger charge is 2.47. The Balaban J connectivity index is 1.21. The van der Waals surface area contributed by atoms with Crippen LogP contribution >= 0.6 is 0 Å². The fourth-order valence-electron chi connectivity index (χ4n) is 4.76. The van der Waals surface area contributed by atoms with Gasteiger partial charge in [-0.25, -0.2) is 9.37 Å². The van der Waals surface area contributed by atoms with Crippen molar-refractivity contribution in [2.75, 3.05) is 24.6 Å². The number of benzene rings is 1. The molecular formula is C23H23FN4O2. The third-order valence-electron chi connectivity index (χ3n) is 6.52. The molecule has 0 N–H and O–H groups in total. The van der Waals surface area contributed by atoms with Crippen molar-refractivity contribution in [2.45, 2.75) is 43.4 Å². The van der Waals surface area contributed by atoms with Crippen LogP contribution in [0, 0.1) is 17.1 Å². The van der Waals surface area contributed by atoms with Gasteiger partial charge in [0, 0.05) is 31.4 Å². The number of carbonyl (C=O) groups is 1. The second-order valence-corrected chi connectivity index (χ2v) is 8.40. The highest BCUT2D eigenvalue weighted by Crippen LogP contribution is 2.49. The second-order valence-electron chi connectivity index (χ2n) is 8.40. The smallest absolute Gasteiger partial charge is 0.248 e. The summed E-state index contributed by atoms with van der Waals surface area (Å²) in [6.45, 7) is 1.36. The second kappa shape index (κ2) is 7.37. The van der Waals surface area contributed by atoms with Crippen molar-refractivity contribution in [3.8, 4) is 6.07 Å². The van der Waals surface area contributed by atoms with E-state index in [2.05, 4.69) is 16.0 Å². The molecule has 3 heterocycles. The van der Waals surface area contributed by atoms with Gasteiger partial charge in [0.2, 0.25) is 5.91 Å². The van der Waals surface area contributed by atoms with Gasteiger partial charge >= 0.3 is 0 Å². The van der Waals surface area contributed by atoms with E-state index in [1.807, 2.05) is 11.0 Å². The van der Waals surface area contributed by atoms with E-state index in [1.54, 1.807) is 24.4 Å². The fourth-order valence-corrected chi connectivity index (χ4v) is 4.76. The van der Waals surface area contributed by atoms with Gasteiger partial charge in [0.1, 0.15) is 24.3 Å². The van der Waals surface area contributed by atoms with E-state index < -0.39 is 5.60 Å². The Morgan fingerprint density at radius 3 is 2.43 bits per heavy atom. The average molecular weight is 406 g/mol. The summed E-state index contributed by atoms with van der Waals surface area (Å²) in [5.74, 6) is 0.613. The molecule has 6 nitrogen and oxygen atoms in total. The van der Waals surface area contributed by atoms with E-state index in [4.69, 9.17) is 10.00 Å². The third-order valence-corrected chi connectivity index (χ3v) is 6.52. The van der Waals surface area contributed by atoms with E-state index in [9.17, 15) is 9.18 Å². The zero-order valence-corrected chi connectivity index (χ0v) is 16.6. The van der Waals surface area contributed by atoms with Crippen LogP contribution in [0.4, 0.5) is 10.2 Å². The van der Waals surface area contributed by atoms with Gasteiger partial charge in [-0.2, -0.15) is 5.26 Å². The van der Waals surface area contributed by atoms with Crippen LogP contribution in [0.1, 0.15) is 36.8 Å². The number of piperazine rings is 1. The molecular weight excluding hydrogens is 383 g/mol. The van der Waals surface area contributed by atoms with E-state index in [-0.39, 0.29) is 30.4 Å². The average Bonchev–Trinajstić information content (AvgIpc) is 3.52. The predicted molar refractivity (Wildman–Crippen MR) is 108 cm³/mol. The largest absolute Gasteiger partial charge is 0.360 e. The number of likely N-dealkylation sites (tertiary alicyclic amines) is 1. The number of aromatic nitrogens is 1. The number of pyridine rings is 1. The summed E-state index contributed by atoms with van der Waals surface area (Å²) >= 11 is 0. The maximum absolute atomic E-state index is 13.2. The van der Waals surface area contributed by atoms with Gasteiger partial charge in [-0.05, 0) is 55.5 Å². The van der Waals surface area contributed by atoms with Crippen LogP contribution in [0.2, 0.25) is 0 Å². The summed E-state index contributed by atoms with van der Waals surface area (Å²) in [5, 5.41) is 8.97. The number of anilines is 1. The summed E-state index contributed by atoms with van der Waals surface area (Å²) in [7, 11) is 0. The Labute approximate surface area is 174 Å². The zero-order chi connectivity index (χ0) is 20.7. The van der Waals surface area contributed by atoms with E-state index in [1.165, 1.54) is 12.1 Å².